The van der Waals surface area contributed by atoms with Crippen LogP contribution in [0.15, 0.2) is 9.59 Å². The Labute approximate surface area is 109 Å². The first-order valence-corrected chi connectivity index (χ1v) is 5.92. The van der Waals surface area contributed by atoms with Crippen molar-refractivity contribution < 1.29 is 9.90 Å². The average Bonchev–Trinajstić information content (AvgIpc) is 2.33. The molecule has 19 heavy (non-hydrogen) atoms. The molecule has 0 amide bonds. The number of nitrogens with zero attached hydrogens (tertiary/aromatic N) is 4. The van der Waals surface area contributed by atoms with Gasteiger partial charge in [0.15, 0.2) is 0 Å². The molecule has 1 unspecified atom stereocenters. The number of aryl methyl sites for hydroxylation is 1. The van der Waals surface area contributed by atoms with E-state index in [1.54, 1.807) is 18.7 Å². The van der Waals surface area contributed by atoms with Crippen molar-refractivity contribution in [3.8, 4) is 0 Å². The minimum absolute atomic E-state index is 0.0841. The van der Waals surface area contributed by atoms with Gasteiger partial charge >= 0.3 is 11.7 Å². The van der Waals surface area contributed by atoms with E-state index in [1.165, 1.54) is 14.1 Å². The van der Waals surface area contributed by atoms with Gasteiger partial charge in [-0.3, -0.25) is 14.2 Å². The quantitative estimate of drug-likeness (QED) is 0.750. The van der Waals surface area contributed by atoms with Crippen LogP contribution in [0.25, 0.3) is 0 Å². The molecule has 0 saturated heterocycles. The summed E-state index contributed by atoms with van der Waals surface area (Å²) in [6.45, 7) is 3.92. The second-order valence-electron chi connectivity index (χ2n) is 4.33. The second-order valence-corrected chi connectivity index (χ2v) is 4.33. The van der Waals surface area contributed by atoms with Gasteiger partial charge in [0.05, 0.1) is 6.42 Å². The van der Waals surface area contributed by atoms with Crippen LogP contribution in [0.1, 0.15) is 20.3 Å². The number of anilines is 1. The Hall–Kier alpha value is -2.12. The van der Waals surface area contributed by atoms with E-state index < -0.39 is 17.2 Å². The van der Waals surface area contributed by atoms with Crippen LogP contribution in [-0.4, -0.2) is 38.0 Å². The molecule has 1 heterocycles. The fraction of sp³-hybridized carbons (Fsp3) is 0.636. The fourth-order valence-corrected chi connectivity index (χ4v) is 1.89. The normalized spacial score (nSPS) is 12.2. The Bertz CT molecular complexity index is 589. The zero-order chi connectivity index (χ0) is 14.7. The van der Waals surface area contributed by atoms with Gasteiger partial charge in [0.1, 0.15) is 0 Å². The lowest BCUT2D eigenvalue weighted by molar-refractivity contribution is -0.137. The average molecular weight is 270 g/mol. The number of hydrogen-bond acceptors (Lipinski definition) is 5. The molecule has 8 heteroatoms. The minimum atomic E-state index is -0.951. The van der Waals surface area contributed by atoms with E-state index in [-0.39, 0.29) is 18.3 Å². The monoisotopic (exact) mass is 270 g/mol. The van der Waals surface area contributed by atoms with E-state index in [2.05, 4.69) is 5.10 Å². The molecule has 0 aliphatic heterocycles. The molecule has 0 radical (unpaired) electrons. The van der Waals surface area contributed by atoms with E-state index in [9.17, 15) is 14.4 Å². The summed E-state index contributed by atoms with van der Waals surface area (Å²) < 4.78 is 2.02. The van der Waals surface area contributed by atoms with E-state index in [1.807, 2.05) is 0 Å². The molecule has 0 aromatic carbocycles. The third kappa shape index (κ3) is 3.01. The predicted molar refractivity (Wildman–Crippen MR) is 69.5 cm³/mol. The summed E-state index contributed by atoms with van der Waals surface area (Å²) in [6, 6.07) is -0.389. The van der Waals surface area contributed by atoms with E-state index in [0.717, 1.165) is 9.25 Å². The van der Waals surface area contributed by atoms with Gasteiger partial charge in [-0.2, -0.15) is 0 Å². The lowest BCUT2D eigenvalue weighted by Crippen LogP contribution is -2.46. The number of carboxylic acid groups (broad SMARTS) is 1. The second kappa shape index (κ2) is 5.68. The van der Waals surface area contributed by atoms with Gasteiger partial charge in [0.2, 0.25) is 5.82 Å². The molecule has 0 spiro atoms. The first-order chi connectivity index (χ1) is 8.79. The number of aromatic nitrogens is 3. The largest absolute Gasteiger partial charge is 0.481 e. The minimum Gasteiger partial charge on any atom is -0.481 e. The van der Waals surface area contributed by atoms with Crippen LogP contribution in [0.3, 0.4) is 0 Å². The lowest BCUT2D eigenvalue weighted by atomic mass is 10.2. The van der Waals surface area contributed by atoms with Crippen LogP contribution < -0.4 is 16.1 Å². The maximum absolute atomic E-state index is 12.0. The van der Waals surface area contributed by atoms with Crippen molar-refractivity contribution >= 4 is 11.8 Å². The van der Waals surface area contributed by atoms with Crippen LogP contribution in [0.5, 0.6) is 0 Å². The van der Waals surface area contributed by atoms with Crippen molar-refractivity contribution in [2.24, 2.45) is 14.1 Å². The van der Waals surface area contributed by atoms with Gasteiger partial charge < -0.3 is 10.0 Å². The van der Waals surface area contributed by atoms with Crippen molar-refractivity contribution in [1.29, 1.82) is 0 Å². The van der Waals surface area contributed by atoms with Crippen molar-refractivity contribution in [2.75, 3.05) is 11.4 Å². The zero-order valence-electron chi connectivity index (χ0n) is 11.5. The number of rotatable bonds is 5. The first kappa shape index (κ1) is 14.9. The van der Waals surface area contributed by atoms with Crippen molar-refractivity contribution in [2.45, 2.75) is 26.3 Å². The van der Waals surface area contributed by atoms with Gasteiger partial charge in [0, 0.05) is 26.7 Å². The number of carboxylic acids is 1. The maximum Gasteiger partial charge on any atom is 0.346 e. The summed E-state index contributed by atoms with van der Waals surface area (Å²) >= 11 is 0. The Morgan fingerprint density at radius 3 is 2.47 bits per heavy atom. The molecule has 0 aliphatic rings. The third-order valence-corrected chi connectivity index (χ3v) is 2.92. The molecule has 0 bridgehead atoms. The Morgan fingerprint density at radius 2 is 2.00 bits per heavy atom. The maximum atomic E-state index is 12.0. The lowest BCUT2D eigenvalue weighted by Gasteiger charge is -2.27. The van der Waals surface area contributed by atoms with E-state index in [0.29, 0.717) is 6.54 Å². The zero-order valence-corrected chi connectivity index (χ0v) is 11.5. The number of hydrogen-bond donors (Lipinski definition) is 1. The summed E-state index contributed by atoms with van der Waals surface area (Å²) in [5.41, 5.74) is -1.04. The Morgan fingerprint density at radius 1 is 1.42 bits per heavy atom. The summed E-state index contributed by atoms with van der Waals surface area (Å²) in [5, 5.41) is 12.7. The highest BCUT2D eigenvalue weighted by Crippen LogP contribution is 2.10. The summed E-state index contributed by atoms with van der Waals surface area (Å²) in [5.74, 6) is -0.867. The fourth-order valence-electron chi connectivity index (χ4n) is 1.89. The van der Waals surface area contributed by atoms with E-state index in [4.69, 9.17) is 5.11 Å². The predicted octanol–water partition coefficient (Wildman–Crippen LogP) is -0.831. The number of aliphatic carboxylic acids is 1. The van der Waals surface area contributed by atoms with Crippen molar-refractivity contribution in [3.63, 3.8) is 0 Å². The Balaban J connectivity index is 3.30. The molecule has 1 aromatic rings. The highest BCUT2D eigenvalue weighted by Gasteiger charge is 2.21. The van der Waals surface area contributed by atoms with Gasteiger partial charge in [-0.05, 0) is 13.8 Å². The van der Waals surface area contributed by atoms with Crippen LogP contribution in [0, 0.1) is 0 Å². The molecule has 8 nitrogen and oxygen atoms in total. The molecule has 0 saturated carbocycles. The first-order valence-electron chi connectivity index (χ1n) is 5.92. The highest BCUT2D eigenvalue weighted by atomic mass is 16.4. The highest BCUT2D eigenvalue weighted by molar-refractivity contribution is 5.68. The van der Waals surface area contributed by atoms with Gasteiger partial charge in [0.25, 0.3) is 5.56 Å². The molecule has 0 aliphatic carbocycles. The topological polar surface area (TPSA) is 97.4 Å². The molecule has 1 rings (SSSR count). The smallest absolute Gasteiger partial charge is 0.346 e. The van der Waals surface area contributed by atoms with Crippen LogP contribution in [0.4, 0.5) is 5.82 Å². The van der Waals surface area contributed by atoms with Crippen LogP contribution in [0.2, 0.25) is 0 Å². The standard InChI is InChI=1S/C11H18N4O4/c1-5-15(7(2)6-8(16)17)9-10(18)13(3)11(19)14(4)12-9/h7H,5-6H2,1-4H3,(H,16,17). The summed E-state index contributed by atoms with van der Waals surface area (Å²) in [4.78, 5) is 35.9. The van der Waals surface area contributed by atoms with Gasteiger partial charge in [-0.1, -0.05) is 0 Å². The molecule has 106 valence electrons. The molecule has 1 atom stereocenters. The Kier molecular flexibility index (Phi) is 4.47. The van der Waals surface area contributed by atoms with Gasteiger partial charge in [-0.15, -0.1) is 5.10 Å². The van der Waals surface area contributed by atoms with Crippen LogP contribution >= 0.6 is 0 Å². The summed E-state index contributed by atoms with van der Waals surface area (Å²) in [6.07, 6.45) is -0.110. The molecular weight excluding hydrogens is 252 g/mol. The number of carbonyl (C=O) groups is 1. The van der Waals surface area contributed by atoms with E-state index >= 15 is 0 Å². The van der Waals surface area contributed by atoms with Crippen molar-refractivity contribution in [3.05, 3.63) is 20.8 Å². The molecule has 1 N–H and O–H groups in total. The molecule has 1 aromatic heterocycles. The SMILES string of the molecule is CCN(c1nn(C)c(=O)n(C)c1=O)C(C)CC(=O)O. The van der Waals surface area contributed by atoms with Crippen molar-refractivity contribution in [1.82, 2.24) is 14.3 Å². The summed E-state index contributed by atoms with van der Waals surface area (Å²) in [7, 11) is 2.81. The molecule has 0 fully saturated rings. The third-order valence-electron chi connectivity index (χ3n) is 2.92. The van der Waals surface area contributed by atoms with Gasteiger partial charge in [-0.25, -0.2) is 9.48 Å². The van der Waals surface area contributed by atoms with Crippen LogP contribution in [-0.2, 0) is 18.9 Å². The molecular formula is C11H18N4O4.